The van der Waals surface area contributed by atoms with E-state index in [2.05, 4.69) is 15.0 Å². The molecule has 2 heterocycles. The van der Waals surface area contributed by atoms with Gasteiger partial charge >= 0.3 is 0 Å². The first kappa shape index (κ1) is 7.19. The first-order chi connectivity index (χ1) is 5.81. The summed E-state index contributed by atoms with van der Waals surface area (Å²) >= 11 is 5.76. The second-order valence-corrected chi connectivity index (χ2v) is 2.67. The molecule has 1 aliphatic rings. The van der Waals surface area contributed by atoms with Crippen LogP contribution in [0.1, 0.15) is 5.56 Å². The predicted octanol–water partition coefficient (Wildman–Crippen LogP) is 1.28. The van der Waals surface area contributed by atoms with Gasteiger partial charge in [0.15, 0.2) is 5.82 Å². The maximum atomic E-state index is 8.56. The van der Waals surface area contributed by atoms with Crippen LogP contribution >= 0.6 is 11.6 Å². The molecule has 1 aromatic rings. The molecule has 0 spiro atoms. The highest BCUT2D eigenvalue weighted by atomic mass is 35.5. The Bertz CT molecular complexity index is 404. The van der Waals surface area contributed by atoms with Crippen LogP contribution in [0.5, 0.6) is 0 Å². The summed E-state index contributed by atoms with van der Waals surface area (Å²) in [6.45, 7) is 0. The van der Waals surface area contributed by atoms with Crippen molar-refractivity contribution < 1.29 is 0 Å². The maximum absolute atomic E-state index is 8.56. The highest BCUT2D eigenvalue weighted by Crippen LogP contribution is 2.27. The van der Waals surface area contributed by atoms with Crippen LogP contribution in [-0.2, 0) is 6.42 Å². The molecule has 1 aromatic heterocycles. The Morgan fingerprint density at radius 1 is 1.50 bits per heavy atom. The Kier molecular flexibility index (Phi) is 1.52. The molecule has 12 heavy (non-hydrogen) atoms. The molecule has 0 fully saturated rings. The summed E-state index contributed by atoms with van der Waals surface area (Å²) in [4.78, 5) is 11.6. The van der Waals surface area contributed by atoms with Crippen LogP contribution < -0.4 is 0 Å². The van der Waals surface area contributed by atoms with E-state index in [1.165, 1.54) is 6.33 Å². The second-order valence-electron chi connectivity index (χ2n) is 2.31. The van der Waals surface area contributed by atoms with E-state index in [4.69, 9.17) is 16.9 Å². The third kappa shape index (κ3) is 0.953. The molecular formula is C7H3ClN4. The van der Waals surface area contributed by atoms with Gasteiger partial charge in [-0.1, -0.05) is 11.6 Å². The van der Waals surface area contributed by atoms with Crippen LogP contribution in [0.15, 0.2) is 11.3 Å². The van der Waals surface area contributed by atoms with Gasteiger partial charge in [0, 0.05) is 12.0 Å². The zero-order chi connectivity index (χ0) is 8.55. The van der Waals surface area contributed by atoms with E-state index in [0.29, 0.717) is 23.1 Å². The van der Waals surface area contributed by atoms with Crippen molar-refractivity contribution in [3.8, 4) is 6.07 Å². The van der Waals surface area contributed by atoms with Crippen molar-refractivity contribution in [1.82, 2.24) is 9.97 Å². The number of fused-ring (bicyclic) bond motifs is 1. The molecule has 4 nitrogen and oxygen atoms in total. The van der Waals surface area contributed by atoms with Crippen LogP contribution in [-0.4, -0.2) is 15.7 Å². The van der Waals surface area contributed by atoms with Gasteiger partial charge in [0.1, 0.15) is 23.3 Å². The molecule has 0 bridgehead atoms. The summed E-state index contributed by atoms with van der Waals surface area (Å²) in [5, 5.41) is 8.94. The third-order valence-corrected chi connectivity index (χ3v) is 1.91. The minimum atomic E-state index is 0.383. The lowest BCUT2D eigenvalue weighted by molar-refractivity contribution is 1.12. The molecule has 0 amide bonds. The standard InChI is InChI=1S/C7H3ClN4/c8-6-5-1-4(2-9)12-7(5)11-3-10-6/h3H,1H2. The number of aliphatic imine (C=N–C) groups is 1. The van der Waals surface area contributed by atoms with E-state index in [9.17, 15) is 0 Å². The number of hydrogen-bond donors (Lipinski definition) is 0. The molecule has 0 radical (unpaired) electrons. The summed E-state index contributed by atoms with van der Waals surface area (Å²) in [5.41, 5.74) is 1.18. The van der Waals surface area contributed by atoms with Gasteiger partial charge in [-0.15, -0.1) is 0 Å². The molecule has 58 valence electrons. The minimum absolute atomic E-state index is 0.383. The van der Waals surface area contributed by atoms with E-state index in [-0.39, 0.29) is 0 Å². The number of halogens is 1. The van der Waals surface area contributed by atoms with Gasteiger partial charge in [-0.3, -0.25) is 0 Å². The Hall–Kier alpha value is -1.47. The van der Waals surface area contributed by atoms with Gasteiger partial charge in [0.25, 0.3) is 0 Å². The van der Waals surface area contributed by atoms with Crippen molar-refractivity contribution in [1.29, 1.82) is 5.26 Å². The molecule has 0 saturated heterocycles. The molecule has 0 saturated carbocycles. The lowest BCUT2D eigenvalue weighted by Gasteiger charge is -1.94. The zero-order valence-electron chi connectivity index (χ0n) is 5.95. The number of hydrogen-bond acceptors (Lipinski definition) is 4. The quantitative estimate of drug-likeness (QED) is 0.563. The lowest BCUT2D eigenvalue weighted by Crippen LogP contribution is -1.93. The lowest BCUT2D eigenvalue weighted by atomic mass is 10.2. The topological polar surface area (TPSA) is 61.9 Å². The average Bonchev–Trinajstić information content (AvgIpc) is 2.49. The van der Waals surface area contributed by atoms with Crippen molar-refractivity contribution in [3.05, 3.63) is 17.0 Å². The van der Waals surface area contributed by atoms with Gasteiger partial charge in [0.2, 0.25) is 0 Å². The van der Waals surface area contributed by atoms with Gasteiger partial charge in [-0.2, -0.15) is 5.26 Å². The van der Waals surface area contributed by atoms with Gasteiger partial charge in [-0.25, -0.2) is 15.0 Å². The molecule has 0 aliphatic carbocycles. The fourth-order valence-corrected chi connectivity index (χ4v) is 1.22. The van der Waals surface area contributed by atoms with E-state index < -0.39 is 0 Å². The van der Waals surface area contributed by atoms with Crippen LogP contribution in [0.2, 0.25) is 5.15 Å². The van der Waals surface area contributed by atoms with Crippen LogP contribution in [0, 0.1) is 11.3 Å². The minimum Gasteiger partial charge on any atom is -0.224 e. The van der Waals surface area contributed by atoms with Crippen molar-refractivity contribution in [2.45, 2.75) is 6.42 Å². The van der Waals surface area contributed by atoms with Gasteiger partial charge < -0.3 is 0 Å². The van der Waals surface area contributed by atoms with Crippen LogP contribution in [0.3, 0.4) is 0 Å². The van der Waals surface area contributed by atoms with Crippen molar-refractivity contribution in [3.63, 3.8) is 0 Å². The van der Waals surface area contributed by atoms with E-state index in [0.717, 1.165) is 5.56 Å². The van der Waals surface area contributed by atoms with Crippen LogP contribution in [0.4, 0.5) is 5.82 Å². The molecule has 0 N–H and O–H groups in total. The molecule has 5 heteroatoms. The first-order valence-corrected chi connectivity index (χ1v) is 3.66. The molecule has 0 aromatic carbocycles. The third-order valence-electron chi connectivity index (χ3n) is 1.58. The highest BCUT2D eigenvalue weighted by Gasteiger charge is 2.18. The Balaban J connectivity index is 2.54. The Morgan fingerprint density at radius 3 is 3.00 bits per heavy atom. The first-order valence-electron chi connectivity index (χ1n) is 3.28. The summed E-state index contributed by atoms with van der Waals surface area (Å²) in [6.07, 6.45) is 1.79. The molecular weight excluding hydrogens is 176 g/mol. The van der Waals surface area contributed by atoms with Crippen LogP contribution in [0.25, 0.3) is 0 Å². The van der Waals surface area contributed by atoms with Crippen molar-refractivity contribution in [2.24, 2.45) is 4.99 Å². The smallest absolute Gasteiger partial charge is 0.161 e. The van der Waals surface area contributed by atoms with E-state index >= 15 is 0 Å². The summed E-state index contributed by atoms with van der Waals surface area (Å²) in [6, 6.07) is 1.96. The fraction of sp³-hybridized carbons (Fsp3) is 0.143. The van der Waals surface area contributed by atoms with Crippen molar-refractivity contribution in [2.75, 3.05) is 0 Å². The average molecular weight is 179 g/mol. The maximum Gasteiger partial charge on any atom is 0.161 e. The monoisotopic (exact) mass is 178 g/mol. The summed E-state index contributed by atoms with van der Waals surface area (Å²) in [7, 11) is 0. The summed E-state index contributed by atoms with van der Waals surface area (Å²) < 4.78 is 0. The molecule has 0 atom stereocenters. The van der Waals surface area contributed by atoms with E-state index in [1.54, 1.807) is 0 Å². The normalized spacial score (nSPS) is 13.5. The predicted molar refractivity (Wildman–Crippen MR) is 43.5 cm³/mol. The van der Waals surface area contributed by atoms with Crippen molar-refractivity contribution >= 4 is 23.1 Å². The second kappa shape index (κ2) is 2.54. The molecule has 2 rings (SSSR count). The fourth-order valence-electron chi connectivity index (χ4n) is 1.03. The highest BCUT2D eigenvalue weighted by molar-refractivity contribution is 6.31. The molecule has 0 unspecified atom stereocenters. The Morgan fingerprint density at radius 2 is 2.33 bits per heavy atom. The van der Waals surface area contributed by atoms with Gasteiger partial charge in [-0.05, 0) is 0 Å². The molecule has 1 aliphatic heterocycles. The number of nitriles is 1. The SMILES string of the molecule is N#CC1=Nc2ncnc(Cl)c2C1. The largest absolute Gasteiger partial charge is 0.224 e. The number of rotatable bonds is 0. The number of nitrogens with zero attached hydrogens (tertiary/aromatic N) is 4. The zero-order valence-corrected chi connectivity index (χ0v) is 6.71. The number of aromatic nitrogens is 2. The van der Waals surface area contributed by atoms with Gasteiger partial charge in [0.05, 0.1) is 0 Å². The van der Waals surface area contributed by atoms with E-state index in [1.807, 2.05) is 6.07 Å². The summed E-state index contributed by atoms with van der Waals surface area (Å²) in [5.74, 6) is 0.520. The Labute approximate surface area is 73.6 Å².